The number of hydrogen-bond acceptors (Lipinski definition) is 9. The largest absolute Gasteiger partial charge is 0.493 e. The first-order valence-electron chi connectivity index (χ1n) is 16.3. The lowest BCUT2D eigenvalue weighted by Gasteiger charge is -2.38. The molecule has 12 heteroatoms. The summed E-state index contributed by atoms with van der Waals surface area (Å²) in [5.74, 6) is 1.30. The van der Waals surface area contributed by atoms with Crippen molar-refractivity contribution >= 4 is 35.2 Å². The molecule has 260 valence electrons. The van der Waals surface area contributed by atoms with Crippen molar-refractivity contribution in [1.29, 1.82) is 0 Å². The number of benzene rings is 2. The van der Waals surface area contributed by atoms with Gasteiger partial charge in [0.1, 0.15) is 12.1 Å². The third-order valence-electron chi connectivity index (χ3n) is 9.24. The number of likely N-dealkylation sites (N-methyl/N-ethyl adjacent to an activating group) is 1. The maximum Gasteiger partial charge on any atom is 0.246 e. The summed E-state index contributed by atoms with van der Waals surface area (Å²) in [4.78, 5) is 55.5. The summed E-state index contributed by atoms with van der Waals surface area (Å²) in [6, 6.07) is 12.8. The molecule has 1 aliphatic carbocycles. The van der Waals surface area contributed by atoms with Crippen molar-refractivity contribution in [3.8, 4) is 28.4 Å². The zero-order valence-electron chi connectivity index (χ0n) is 28.8. The number of carbonyl (C=O) groups excluding carboxylic acids is 3. The van der Waals surface area contributed by atoms with Crippen LogP contribution < -0.4 is 35.6 Å². The summed E-state index contributed by atoms with van der Waals surface area (Å²) < 4.78 is 17.2. The van der Waals surface area contributed by atoms with Crippen LogP contribution in [-0.4, -0.2) is 75.1 Å². The highest BCUT2D eigenvalue weighted by Crippen LogP contribution is 2.50. The molecule has 0 radical (unpaired) electrons. The first kappa shape index (κ1) is 35.6. The van der Waals surface area contributed by atoms with Crippen molar-refractivity contribution in [2.24, 2.45) is 0 Å². The lowest BCUT2D eigenvalue weighted by atomic mass is 9.92. The van der Waals surface area contributed by atoms with Crippen LogP contribution in [0.1, 0.15) is 48.1 Å². The molecule has 0 bridgehead atoms. The van der Waals surface area contributed by atoms with Crippen molar-refractivity contribution in [2.45, 2.75) is 57.3 Å². The maximum absolute atomic E-state index is 14.4. The van der Waals surface area contributed by atoms with Crippen molar-refractivity contribution in [1.82, 2.24) is 15.5 Å². The fraction of sp³-hybridized carbons (Fsp3) is 0.405. The van der Waals surface area contributed by atoms with Crippen LogP contribution in [0.15, 0.2) is 53.3 Å². The standard InChI is InChI=1S/C37H44N4O7S/c1-21(42)39-27-13-11-23-18-32(46-3)34(47-4)35(48-5)33(23)25-12-14-28(31(43)19-26(25)27)40-29(15-16-49-6)37(45)41-20-24-10-8-7-9-22(24)17-30(41)36(44)38-2/h7-10,12,14,18-19,27,29-30H,11,13,15-17,20H2,1-6H3,(H,38,44)(H,39,42)(H,40,43). The predicted molar refractivity (Wildman–Crippen MR) is 192 cm³/mol. The maximum atomic E-state index is 14.4. The molecule has 5 rings (SSSR count). The van der Waals surface area contributed by atoms with Gasteiger partial charge in [0.2, 0.25) is 28.9 Å². The molecule has 0 aromatic heterocycles. The molecule has 1 heterocycles. The molecule has 11 nitrogen and oxygen atoms in total. The second-order valence-corrected chi connectivity index (χ2v) is 13.1. The molecular weight excluding hydrogens is 644 g/mol. The van der Waals surface area contributed by atoms with Gasteiger partial charge in [-0.2, -0.15) is 11.8 Å². The van der Waals surface area contributed by atoms with E-state index in [1.54, 1.807) is 44.0 Å². The van der Waals surface area contributed by atoms with Crippen LogP contribution in [0.3, 0.4) is 0 Å². The molecular formula is C37H44N4O7S. The number of hydrogen-bond donors (Lipinski definition) is 3. The average Bonchev–Trinajstić information content (AvgIpc) is 3.35. The number of nitrogens with one attached hydrogen (secondary N) is 3. The van der Waals surface area contributed by atoms with Crippen LogP contribution in [0, 0.1) is 0 Å². The van der Waals surface area contributed by atoms with Gasteiger partial charge < -0.3 is 35.1 Å². The van der Waals surface area contributed by atoms with Gasteiger partial charge >= 0.3 is 0 Å². The number of rotatable bonds is 11. The van der Waals surface area contributed by atoms with Crippen molar-refractivity contribution < 1.29 is 28.6 Å². The zero-order chi connectivity index (χ0) is 35.2. The molecule has 0 fully saturated rings. The number of carbonyl (C=O) groups is 3. The molecule has 1 aliphatic heterocycles. The van der Waals surface area contributed by atoms with E-state index < -0.39 is 18.1 Å². The number of thioether (sulfide) groups is 1. The lowest BCUT2D eigenvalue weighted by Crippen LogP contribution is -2.55. The summed E-state index contributed by atoms with van der Waals surface area (Å²) >= 11 is 1.59. The van der Waals surface area contributed by atoms with E-state index in [9.17, 15) is 19.2 Å². The molecule has 0 saturated carbocycles. The second-order valence-electron chi connectivity index (χ2n) is 12.1. The first-order valence-corrected chi connectivity index (χ1v) is 17.7. The van der Waals surface area contributed by atoms with Gasteiger partial charge in [-0.3, -0.25) is 19.2 Å². The molecule has 3 amide bonds. The van der Waals surface area contributed by atoms with Crippen LogP contribution in [0.2, 0.25) is 0 Å². The first-order chi connectivity index (χ1) is 23.6. The van der Waals surface area contributed by atoms with Crippen LogP contribution in [0.25, 0.3) is 11.1 Å². The number of fused-ring (bicyclic) bond motifs is 4. The number of anilines is 1. The summed E-state index contributed by atoms with van der Waals surface area (Å²) in [7, 11) is 6.22. The van der Waals surface area contributed by atoms with Gasteiger partial charge in [0.15, 0.2) is 11.5 Å². The van der Waals surface area contributed by atoms with E-state index in [4.69, 9.17) is 14.2 Å². The lowest BCUT2D eigenvalue weighted by molar-refractivity contribution is -0.142. The molecule has 0 saturated heterocycles. The summed E-state index contributed by atoms with van der Waals surface area (Å²) in [5.41, 5.74) is 4.87. The van der Waals surface area contributed by atoms with Gasteiger partial charge in [-0.1, -0.05) is 30.3 Å². The van der Waals surface area contributed by atoms with E-state index in [1.807, 2.05) is 42.7 Å². The number of methoxy groups -OCH3 is 3. The molecule has 3 aromatic carbocycles. The van der Waals surface area contributed by atoms with Crippen molar-refractivity contribution in [2.75, 3.05) is 45.7 Å². The Morgan fingerprint density at radius 1 is 0.980 bits per heavy atom. The smallest absolute Gasteiger partial charge is 0.246 e. The third kappa shape index (κ3) is 7.34. The Morgan fingerprint density at radius 3 is 2.37 bits per heavy atom. The van der Waals surface area contributed by atoms with Crippen LogP contribution in [-0.2, 0) is 33.8 Å². The highest BCUT2D eigenvalue weighted by Gasteiger charge is 2.37. The fourth-order valence-corrected chi connectivity index (χ4v) is 7.33. The van der Waals surface area contributed by atoms with E-state index in [2.05, 4.69) is 16.0 Å². The van der Waals surface area contributed by atoms with Crippen LogP contribution >= 0.6 is 11.8 Å². The Bertz CT molecular complexity index is 1800. The van der Waals surface area contributed by atoms with Gasteiger partial charge in [0.25, 0.3) is 0 Å². The third-order valence-corrected chi connectivity index (χ3v) is 9.88. The van der Waals surface area contributed by atoms with E-state index in [-0.39, 0.29) is 35.4 Å². The topological polar surface area (TPSA) is 135 Å². The molecule has 2 aliphatic rings. The Kier molecular flexibility index (Phi) is 11.4. The van der Waals surface area contributed by atoms with E-state index >= 15 is 0 Å². The molecule has 3 unspecified atom stereocenters. The highest BCUT2D eigenvalue weighted by atomic mass is 32.2. The van der Waals surface area contributed by atoms with Crippen LogP contribution in [0.5, 0.6) is 17.2 Å². The minimum absolute atomic E-state index is 0.224. The van der Waals surface area contributed by atoms with Gasteiger partial charge in [0, 0.05) is 32.5 Å². The minimum Gasteiger partial charge on any atom is -0.493 e. The Balaban J connectivity index is 1.61. The van der Waals surface area contributed by atoms with Crippen LogP contribution in [0.4, 0.5) is 5.69 Å². The van der Waals surface area contributed by atoms with Gasteiger partial charge in [0.05, 0.1) is 33.1 Å². The van der Waals surface area contributed by atoms with E-state index in [0.717, 1.165) is 22.3 Å². The highest BCUT2D eigenvalue weighted by molar-refractivity contribution is 7.98. The average molecular weight is 689 g/mol. The van der Waals surface area contributed by atoms with Crippen molar-refractivity contribution in [3.63, 3.8) is 0 Å². The van der Waals surface area contributed by atoms with Crippen molar-refractivity contribution in [3.05, 3.63) is 81.0 Å². The fourth-order valence-electron chi connectivity index (χ4n) is 6.86. The summed E-state index contributed by atoms with van der Waals surface area (Å²) in [6.45, 7) is 1.73. The Labute approximate surface area is 291 Å². The number of aryl methyl sites for hydroxylation is 1. The SMILES string of the molecule is CNC(=O)C1Cc2ccccc2CN1C(=O)C(CCSC)Nc1ccc2c(cc1=O)C(NC(C)=O)CCc1cc(OC)c(OC)c(OC)c1-2. The quantitative estimate of drug-likeness (QED) is 0.272. The Hall–Kier alpha value is -4.71. The second kappa shape index (κ2) is 15.7. The van der Waals surface area contributed by atoms with Gasteiger partial charge in [-0.15, -0.1) is 0 Å². The van der Waals surface area contributed by atoms with Gasteiger partial charge in [-0.25, -0.2) is 0 Å². The number of ether oxygens (including phenoxy) is 3. The number of nitrogens with zero attached hydrogens (tertiary/aromatic N) is 1. The Morgan fingerprint density at radius 2 is 1.71 bits per heavy atom. The zero-order valence-corrected chi connectivity index (χ0v) is 29.6. The molecule has 0 spiro atoms. The summed E-state index contributed by atoms with van der Waals surface area (Å²) in [6.07, 6.45) is 3.89. The molecule has 3 N–H and O–H groups in total. The molecule has 3 atom stereocenters. The van der Waals surface area contributed by atoms with E-state index in [0.29, 0.717) is 59.8 Å². The predicted octanol–water partition coefficient (Wildman–Crippen LogP) is 4.10. The summed E-state index contributed by atoms with van der Waals surface area (Å²) in [5, 5.41) is 9.02. The molecule has 49 heavy (non-hydrogen) atoms. The minimum atomic E-state index is -0.780. The monoisotopic (exact) mass is 688 g/mol. The number of amides is 3. The normalized spacial score (nSPS) is 16.9. The van der Waals surface area contributed by atoms with E-state index in [1.165, 1.54) is 20.1 Å². The molecule has 3 aromatic rings. The van der Waals surface area contributed by atoms with Gasteiger partial charge in [-0.05, 0) is 77.3 Å².